The fourth-order valence-electron chi connectivity index (χ4n) is 4.16. The van der Waals surface area contributed by atoms with Gasteiger partial charge in [-0.3, -0.25) is 9.89 Å². The highest BCUT2D eigenvalue weighted by Gasteiger charge is 2.55. The van der Waals surface area contributed by atoms with E-state index in [0.29, 0.717) is 0 Å². The summed E-state index contributed by atoms with van der Waals surface area (Å²) in [4.78, 5) is 9.75. The molecule has 0 bridgehead atoms. The van der Waals surface area contributed by atoms with Gasteiger partial charge in [-0.1, -0.05) is 0 Å². The van der Waals surface area contributed by atoms with Crippen molar-refractivity contribution in [2.24, 2.45) is 16.6 Å². The van der Waals surface area contributed by atoms with Gasteiger partial charge in [0.2, 0.25) is 0 Å². The van der Waals surface area contributed by atoms with E-state index in [9.17, 15) is 0 Å². The maximum Gasteiger partial charge on any atom is 0.191 e. The van der Waals surface area contributed by atoms with Crippen molar-refractivity contribution in [1.82, 2.24) is 9.80 Å². The summed E-state index contributed by atoms with van der Waals surface area (Å²) in [6.45, 7) is 4.67. The fraction of sp³-hybridized carbons (Fsp3) is 0.923. The zero-order chi connectivity index (χ0) is 11.5. The van der Waals surface area contributed by atoms with Gasteiger partial charge in [-0.2, -0.15) is 0 Å². The normalized spacial score (nSPS) is 41.3. The molecule has 0 amide bonds. The molecule has 2 saturated heterocycles. The van der Waals surface area contributed by atoms with Gasteiger partial charge in [-0.25, -0.2) is 0 Å². The highest BCUT2D eigenvalue weighted by Crippen LogP contribution is 2.44. The number of nitrogens with zero attached hydrogens (tertiary/aromatic N) is 3. The number of guanidine groups is 1. The second-order valence-electron chi connectivity index (χ2n) is 6.28. The van der Waals surface area contributed by atoms with E-state index in [4.69, 9.17) is 5.73 Å². The lowest BCUT2D eigenvalue weighted by atomic mass is 9.87. The molecular formula is C13H22N4. The molecule has 2 atom stereocenters. The minimum atomic E-state index is 0.281. The number of rotatable bonds is 2. The van der Waals surface area contributed by atoms with Gasteiger partial charge in [0, 0.05) is 19.1 Å². The smallest absolute Gasteiger partial charge is 0.191 e. The topological polar surface area (TPSA) is 44.9 Å². The van der Waals surface area contributed by atoms with E-state index in [0.717, 1.165) is 24.5 Å². The van der Waals surface area contributed by atoms with E-state index in [-0.39, 0.29) is 5.54 Å². The van der Waals surface area contributed by atoms with Gasteiger partial charge in [0.25, 0.3) is 0 Å². The van der Waals surface area contributed by atoms with Crippen LogP contribution < -0.4 is 5.73 Å². The van der Waals surface area contributed by atoms with Gasteiger partial charge in [0.05, 0.1) is 12.1 Å². The predicted molar refractivity (Wildman–Crippen MR) is 67.9 cm³/mol. The summed E-state index contributed by atoms with van der Waals surface area (Å²) in [5.41, 5.74) is 6.43. The highest BCUT2D eigenvalue weighted by molar-refractivity contribution is 5.81. The van der Waals surface area contributed by atoms with Crippen LogP contribution >= 0.6 is 0 Å². The molecular weight excluding hydrogens is 212 g/mol. The van der Waals surface area contributed by atoms with E-state index in [1.807, 2.05) is 0 Å². The summed E-state index contributed by atoms with van der Waals surface area (Å²) in [7, 11) is 0. The Labute approximate surface area is 103 Å². The van der Waals surface area contributed by atoms with E-state index in [1.54, 1.807) is 0 Å². The van der Waals surface area contributed by atoms with Crippen molar-refractivity contribution >= 4 is 5.96 Å². The van der Waals surface area contributed by atoms with E-state index in [2.05, 4.69) is 14.8 Å². The van der Waals surface area contributed by atoms with Gasteiger partial charge in [0.15, 0.2) is 5.96 Å². The van der Waals surface area contributed by atoms with E-state index in [1.165, 1.54) is 51.7 Å². The maximum atomic E-state index is 6.15. The highest BCUT2D eigenvalue weighted by atomic mass is 15.4. The van der Waals surface area contributed by atoms with Crippen LogP contribution in [0.4, 0.5) is 0 Å². The summed E-state index contributed by atoms with van der Waals surface area (Å²) in [6, 6.07) is 0.728. The average Bonchev–Trinajstić information content (AvgIpc) is 2.78. The van der Waals surface area contributed by atoms with Gasteiger partial charge in [0.1, 0.15) is 0 Å². The summed E-state index contributed by atoms with van der Waals surface area (Å²) >= 11 is 0. The predicted octanol–water partition coefficient (Wildman–Crippen LogP) is 0.634. The number of fused-ring (bicyclic) bond motifs is 2. The van der Waals surface area contributed by atoms with Crippen LogP contribution in [0.2, 0.25) is 0 Å². The number of aliphatic imine (C=N–C) groups is 1. The second kappa shape index (κ2) is 3.37. The minimum absolute atomic E-state index is 0.281. The van der Waals surface area contributed by atoms with Crippen LogP contribution in [0.3, 0.4) is 0 Å². The van der Waals surface area contributed by atoms with Crippen LogP contribution in [-0.4, -0.2) is 53.5 Å². The standard InChI is InChI=1S/C13H22N4/c14-12-15-9-13(17(12)8-10-3-4-10)5-7-16-6-1-2-11(13)16/h10-11H,1-9H2,(H2,14,15). The van der Waals surface area contributed by atoms with Gasteiger partial charge in [-0.15, -0.1) is 0 Å². The molecule has 1 saturated carbocycles. The van der Waals surface area contributed by atoms with Crippen LogP contribution in [-0.2, 0) is 0 Å². The molecule has 1 aliphatic carbocycles. The third-order valence-corrected chi connectivity index (χ3v) is 5.28. The lowest BCUT2D eigenvalue weighted by Crippen LogP contribution is -2.57. The Morgan fingerprint density at radius 3 is 3.00 bits per heavy atom. The van der Waals surface area contributed by atoms with Gasteiger partial charge >= 0.3 is 0 Å². The van der Waals surface area contributed by atoms with E-state index >= 15 is 0 Å². The molecule has 1 spiro atoms. The fourth-order valence-corrected chi connectivity index (χ4v) is 4.16. The third-order valence-electron chi connectivity index (χ3n) is 5.28. The van der Waals surface area contributed by atoms with Crippen molar-refractivity contribution < 1.29 is 0 Å². The Hall–Kier alpha value is -0.770. The Morgan fingerprint density at radius 1 is 1.29 bits per heavy atom. The van der Waals surface area contributed by atoms with E-state index < -0.39 is 0 Å². The van der Waals surface area contributed by atoms with Crippen LogP contribution in [0.1, 0.15) is 32.1 Å². The number of hydrogen-bond donors (Lipinski definition) is 1. The second-order valence-corrected chi connectivity index (χ2v) is 6.28. The van der Waals surface area contributed by atoms with Crippen molar-refractivity contribution in [1.29, 1.82) is 0 Å². The molecule has 0 aromatic carbocycles. The number of nitrogens with two attached hydrogens (primary N) is 1. The Balaban J connectivity index is 1.62. The first-order chi connectivity index (χ1) is 8.29. The molecule has 0 aromatic rings. The third kappa shape index (κ3) is 1.36. The van der Waals surface area contributed by atoms with Crippen molar-refractivity contribution in [3.63, 3.8) is 0 Å². The molecule has 3 heterocycles. The van der Waals surface area contributed by atoms with Crippen molar-refractivity contribution in [3.8, 4) is 0 Å². The molecule has 4 aliphatic rings. The molecule has 2 unspecified atom stereocenters. The molecule has 0 aromatic heterocycles. The summed E-state index contributed by atoms with van der Waals surface area (Å²) in [5.74, 6) is 1.72. The first-order valence-corrected chi connectivity index (χ1v) is 7.11. The molecule has 4 rings (SSSR count). The first-order valence-electron chi connectivity index (χ1n) is 7.11. The Kier molecular flexibility index (Phi) is 2.02. The van der Waals surface area contributed by atoms with Crippen LogP contribution in [0, 0.1) is 5.92 Å². The minimum Gasteiger partial charge on any atom is -0.370 e. The molecule has 17 heavy (non-hydrogen) atoms. The molecule has 0 radical (unpaired) electrons. The lowest BCUT2D eigenvalue weighted by molar-refractivity contribution is 0.143. The summed E-state index contributed by atoms with van der Waals surface area (Å²) in [6.07, 6.45) is 6.78. The van der Waals surface area contributed by atoms with Crippen molar-refractivity contribution in [2.75, 3.05) is 26.2 Å². The molecule has 2 N–H and O–H groups in total. The average molecular weight is 234 g/mol. The molecule has 4 nitrogen and oxygen atoms in total. The lowest BCUT2D eigenvalue weighted by Gasteiger charge is -2.40. The van der Waals surface area contributed by atoms with Gasteiger partial charge < -0.3 is 10.6 Å². The number of hydrogen-bond acceptors (Lipinski definition) is 4. The van der Waals surface area contributed by atoms with Gasteiger partial charge in [-0.05, 0) is 44.6 Å². The summed E-state index contributed by atoms with van der Waals surface area (Å²) < 4.78 is 0. The zero-order valence-electron chi connectivity index (χ0n) is 10.4. The molecule has 4 heteroatoms. The zero-order valence-corrected chi connectivity index (χ0v) is 10.4. The quantitative estimate of drug-likeness (QED) is 0.762. The monoisotopic (exact) mass is 234 g/mol. The van der Waals surface area contributed by atoms with Crippen LogP contribution in [0.25, 0.3) is 0 Å². The first kappa shape index (κ1) is 10.2. The molecule has 94 valence electrons. The largest absolute Gasteiger partial charge is 0.370 e. The Bertz CT molecular complexity index is 362. The maximum absolute atomic E-state index is 6.15. The summed E-state index contributed by atoms with van der Waals surface area (Å²) in [5, 5.41) is 0. The van der Waals surface area contributed by atoms with Crippen molar-refractivity contribution in [3.05, 3.63) is 0 Å². The SMILES string of the molecule is NC1=NCC2(CCN3CCCC32)N1CC1CC1. The molecule has 3 fully saturated rings. The Morgan fingerprint density at radius 2 is 2.18 bits per heavy atom. The van der Waals surface area contributed by atoms with Crippen LogP contribution in [0.5, 0.6) is 0 Å². The van der Waals surface area contributed by atoms with Crippen LogP contribution in [0.15, 0.2) is 4.99 Å². The molecule has 3 aliphatic heterocycles. The van der Waals surface area contributed by atoms with Crippen molar-refractivity contribution in [2.45, 2.75) is 43.7 Å².